The number of phenolic OH excluding ortho intramolecular Hbond substituents is 2. The largest absolute Gasteiger partial charge is 0.508 e. The van der Waals surface area contributed by atoms with Crippen LogP contribution < -0.4 is 11.1 Å². The fourth-order valence-electron chi connectivity index (χ4n) is 2.22. The number of carbonyl (C=O) groups is 1. The van der Waals surface area contributed by atoms with Crippen LogP contribution in [0, 0.1) is 0 Å². The predicted octanol–water partition coefficient (Wildman–Crippen LogP) is 2.36. The van der Waals surface area contributed by atoms with Crippen molar-refractivity contribution in [3.8, 4) is 11.5 Å². The van der Waals surface area contributed by atoms with Gasteiger partial charge < -0.3 is 14.6 Å². The van der Waals surface area contributed by atoms with Crippen molar-refractivity contribution >= 4 is 22.6 Å². The highest BCUT2D eigenvalue weighted by atomic mass is 16.4. The van der Waals surface area contributed by atoms with Gasteiger partial charge in [0.25, 0.3) is 5.91 Å². The fraction of sp³-hybridized carbons (Fsp3) is 0.0556. The van der Waals surface area contributed by atoms with Crippen LogP contribution >= 0.6 is 0 Å². The van der Waals surface area contributed by atoms with Crippen molar-refractivity contribution in [2.45, 2.75) is 6.92 Å². The van der Waals surface area contributed by atoms with Crippen molar-refractivity contribution in [3.63, 3.8) is 0 Å². The minimum atomic E-state index is -0.627. The van der Waals surface area contributed by atoms with Crippen molar-refractivity contribution in [1.29, 1.82) is 0 Å². The number of amides is 1. The highest BCUT2D eigenvalue weighted by molar-refractivity contribution is 6.02. The molecule has 7 heteroatoms. The molecule has 1 aromatic heterocycles. The van der Waals surface area contributed by atoms with Crippen molar-refractivity contribution in [2.75, 3.05) is 0 Å². The first-order valence-corrected chi connectivity index (χ1v) is 7.35. The zero-order chi connectivity index (χ0) is 18.0. The van der Waals surface area contributed by atoms with Crippen LogP contribution in [-0.4, -0.2) is 21.8 Å². The molecule has 0 saturated carbocycles. The highest BCUT2D eigenvalue weighted by Crippen LogP contribution is 2.19. The summed E-state index contributed by atoms with van der Waals surface area (Å²) in [5.74, 6) is -0.430. The molecule has 0 bridgehead atoms. The van der Waals surface area contributed by atoms with E-state index in [0.29, 0.717) is 10.9 Å². The zero-order valence-corrected chi connectivity index (χ0v) is 13.2. The summed E-state index contributed by atoms with van der Waals surface area (Å²) in [6, 6.07) is 11.7. The Hall–Kier alpha value is -3.61. The minimum absolute atomic E-state index is 0.00468. The van der Waals surface area contributed by atoms with Crippen LogP contribution in [0.5, 0.6) is 11.5 Å². The zero-order valence-electron chi connectivity index (χ0n) is 13.2. The lowest BCUT2D eigenvalue weighted by atomic mass is 10.1. The average Bonchev–Trinajstić information content (AvgIpc) is 2.59. The first-order chi connectivity index (χ1) is 11.9. The van der Waals surface area contributed by atoms with E-state index in [4.69, 9.17) is 4.42 Å². The van der Waals surface area contributed by atoms with E-state index < -0.39 is 11.5 Å². The number of benzene rings is 2. The SMILES string of the molecule is C/C(=N\NC(=O)c1ccc(O)cc1)c1cc2ccc(O)cc2oc1=O. The second-order valence-electron chi connectivity index (χ2n) is 5.35. The van der Waals surface area contributed by atoms with Gasteiger partial charge in [0.05, 0.1) is 11.3 Å². The molecule has 1 amide bonds. The Balaban J connectivity index is 1.87. The molecule has 3 N–H and O–H groups in total. The summed E-state index contributed by atoms with van der Waals surface area (Å²) in [7, 11) is 0. The van der Waals surface area contributed by atoms with Crippen molar-refractivity contribution in [2.24, 2.45) is 5.10 Å². The first kappa shape index (κ1) is 16.3. The Labute approximate surface area is 141 Å². The van der Waals surface area contributed by atoms with Crippen LogP contribution in [0.15, 0.2) is 62.8 Å². The van der Waals surface area contributed by atoms with Crippen LogP contribution in [0.25, 0.3) is 11.0 Å². The molecule has 25 heavy (non-hydrogen) atoms. The summed E-state index contributed by atoms with van der Waals surface area (Å²) in [4.78, 5) is 24.1. The van der Waals surface area contributed by atoms with Crippen LogP contribution in [0.1, 0.15) is 22.8 Å². The third-order valence-electron chi connectivity index (χ3n) is 3.56. The van der Waals surface area contributed by atoms with Crippen LogP contribution in [0.2, 0.25) is 0 Å². The van der Waals surface area contributed by atoms with Gasteiger partial charge in [-0.3, -0.25) is 4.79 Å². The molecule has 0 atom stereocenters. The molecule has 3 aromatic rings. The Kier molecular flexibility index (Phi) is 4.21. The van der Waals surface area contributed by atoms with E-state index >= 15 is 0 Å². The summed E-state index contributed by atoms with van der Waals surface area (Å²) >= 11 is 0. The number of nitrogens with zero attached hydrogens (tertiary/aromatic N) is 1. The number of phenols is 2. The number of nitrogens with one attached hydrogen (secondary N) is 1. The molecule has 126 valence electrons. The number of hydrazone groups is 1. The molecule has 1 heterocycles. The summed E-state index contributed by atoms with van der Waals surface area (Å²) in [6.45, 7) is 1.57. The van der Waals surface area contributed by atoms with E-state index in [1.807, 2.05) is 0 Å². The van der Waals surface area contributed by atoms with Gasteiger partial charge in [-0.05, 0) is 49.4 Å². The van der Waals surface area contributed by atoms with Crippen molar-refractivity contribution < 1.29 is 19.4 Å². The quantitative estimate of drug-likeness (QED) is 0.385. The molecule has 2 aromatic carbocycles. The van der Waals surface area contributed by atoms with Gasteiger partial charge in [0.1, 0.15) is 17.1 Å². The number of carbonyl (C=O) groups excluding carboxylic acids is 1. The maximum Gasteiger partial charge on any atom is 0.345 e. The van der Waals surface area contributed by atoms with E-state index in [9.17, 15) is 19.8 Å². The number of fused-ring (bicyclic) bond motifs is 1. The van der Waals surface area contributed by atoms with Gasteiger partial charge in [-0.2, -0.15) is 5.10 Å². The predicted molar refractivity (Wildman–Crippen MR) is 91.9 cm³/mol. The fourth-order valence-corrected chi connectivity index (χ4v) is 2.22. The first-order valence-electron chi connectivity index (χ1n) is 7.35. The van der Waals surface area contributed by atoms with Gasteiger partial charge in [-0.25, -0.2) is 10.2 Å². The standard InChI is InChI=1S/C18H14N2O5/c1-10(19-20-17(23)11-2-5-13(21)6-3-11)15-8-12-4-7-14(22)9-16(12)25-18(15)24/h2-9,21-22H,1H3,(H,20,23)/b19-10+. The van der Waals surface area contributed by atoms with Crippen LogP contribution in [0.4, 0.5) is 0 Å². The monoisotopic (exact) mass is 338 g/mol. The van der Waals surface area contributed by atoms with E-state index in [1.165, 1.54) is 36.4 Å². The molecule has 0 aliphatic rings. The Morgan fingerprint density at radius 1 is 1.04 bits per heavy atom. The lowest BCUT2D eigenvalue weighted by molar-refractivity contribution is 0.0955. The molecule has 0 unspecified atom stereocenters. The average molecular weight is 338 g/mol. The maximum atomic E-state index is 12.1. The molecule has 3 rings (SSSR count). The summed E-state index contributed by atoms with van der Waals surface area (Å²) in [5.41, 5.74) is 2.77. The van der Waals surface area contributed by atoms with Gasteiger partial charge in [-0.15, -0.1) is 0 Å². The number of hydrogen-bond donors (Lipinski definition) is 3. The minimum Gasteiger partial charge on any atom is -0.508 e. The van der Waals surface area contributed by atoms with Gasteiger partial charge in [0.15, 0.2) is 0 Å². The lowest BCUT2D eigenvalue weighted by Gasteiger charge is -2.04. The Bertz CT molecular complexity index is 1040. The Morgan fingerprint density at radius 3 is 2.44 bits per heavy atom. The van der Waals surface area contributed by atoms with E-state index in [1.54, 1.807) is 19.1 Å². The van der Waals surface area contributed by atoms with Gasteiger partial charge in [-0.1, -0.05) is 0 Å². The summed E-state index contributed by atoms with van der Waals surface area (Å²) < 4.78 is 5.16. The normalized spacial score (nSPS) is 11.5. The molecular formula is C18H14N2O5. The molecule has 0 fully saturated rings. The van der Waals surface area contributed by atoms with E-state index in [-0.39, 0.29) is 28.4 Å². The summed E-state index contributed by atoms with van der Waals surface area (Å²) in [6.07, 6.45) is 0. The van der Waals surface area contributed by atoms with Gasteiger partial charge in [0, 0.05) is 17.0 Å². The molecule has 0 spiro atoms. The lowest BCUT2D eigenvalue weighted by Crippen LogP contribution is -2.21. The third-order valence-corrected chi connectivity index (χ3v) is 3.56. The van der Waals surface area contributed by atoms with E-state index in [2.05, 4.69) is 10.5 Å². The Morgan fingerprint density at radius 2 is 1.72 bits per heavy atom. The van der Waals surface area contributed by atoms with Crippen molar-refractivity contribution in [1.82, 2.24) is 5.43 Å². The van der Waals surface area contributed by atoms with Crippen LogP contribution in [-0.2, 0) is 0 Å². The second kappa shape index (κ2) is 6.48. The molecule has 0 radical (unpaired) electrons. The summed E-state index contributed by atoms with van der Waals surface area (Å²) in [5, 5.41) is 23.2. The second-order valence-corrected chi connectivity index (χ2v) is 5.35. The molecule has 0 aliphatic carbocycles. The smallest absolute Gasteiger partial charge is 0.345 e. The number of rotatable bonds is 3. The van der Waals surface area contributed by atoms with Gasteiger partial charge >= 0.3 is 5.63 Å². The van der Waals surface area contributed by atoms with Gasteiger partial charge in [0.2, 0.25) is 0 Å². The third kappa shape index (κ3) is 3.50. The molecule has 7 nitrogen and oxygen atoms in total. The van der Waals surface area contributed by atoms with E-state index in [0.717, 1.165) is 0 Å². The maximum absolute atomic E-state index is 12.1. The highest BCUT2D eigenvalue weighted by Gasteiger charge is 2.10. The number of hydrogen-bond acceptors (Lipinski definition) is 6. The molecule has 0 saturated heterocycles. The van der Waals surface area contributed by atoms with Crippen LogP contribution in [0.3, 0.4) is 0 Å². The molecule has 0 aliphatic heterocycles. The van der Waals surface area contributed by atoms with Crippen molar-refractivity contribution in [3.05, 3.63) is 70.1 Å². The number of aromatic hydroxyl groups is 2. The topological polar surface area (TPSA) is 112 Å². The molecular weight excluding hydrogens is 324 g/mol.